The molecule has 0 amide bonds. The molecule has 1 saturated carbocycles. The molecule has 0 bridgehead atoms. The molecular formula is C20H24N4O2. The second kappa shape index (κ2) is 7.83. The maximum atomic E-state index is 5.77. The Hall–Kier alpha value is -2.47. The smallest absolute Gasteiger partial charge is 0.247 e. The third kappa shape index (κ3) is 4.02. The molecular weight excluding hydrogens is 328 g/mol. The second-order valence-electron chi connectivity index (χ2n) is 7.09. The molecule has 0 saturated heterocycles. The highest BCUT2D eigenvalue weighted by Crippen LogP contribution is 2.32. The van der Waals surface area contributed by atoms with Crippen molar-refractivity contribution < 1.29 is 8.94 Å². The van der Waals surface area contributed by atoms with Gasteiger partial charge in [-0.25, -0.2) is 0 Å². The van der Waals surface area contributed by atoms with Gasteiger partial charge in [0.2, 0.25) is 11.8 Å². The van der Waals surface area contributed by atoms with Gasteiger partial charge in [-0.05, 0) is 32.0 Å². The average Bonchev–Trinajstić information content (AvgIpc) is 3.33. The van der Waals surface area contributed by atoms with Crippen LogP contribution in [0.3, 0.4) is 0 Å². The molecule has 26 heavy (non-hydrogen) atoms. The first kappa shape index (κ1) is 17.0. The normalized spacial score (nSPS) is 15.6. The van der Waals surface area contributed by atoms with Crippen molar-refractivity contribution in [2.24, 2.45) is 0 Å². The first-order valence-electron chi connectivity index (χ1n) is 9.30. The van der Waals surface area contributed by atoms with Gasteiger partial charge in [0.05, 0.1) is 18.8 Å². The summed E-state index contributed by atoms with van der Waals surface area (Å²) in [5, 5.41) is 12.6. The van der Waals surface area contributed by atoms with Crippen LogP contribution in [0, 0.1) is 0 Å². The van der Waals surface area contributed by atoms with Gasteiger partial charge in [0.1, 0.15) is 0 Å². The minimum Gasteiger partial charge on any atom is -0.419 e. The van der Waals surface area contributed by atoms with E-state index in [9.17, 15) is 0 Å². The molecule has 1 aromatic carbocycles. The van der Waals surface area contributed by atoms with Crippen molar-refractivity contribution in [1.29, 1.82) is 0 Å². The molecule has 6 nitrogen and oxygen atoms in total. The number of nitrogens with zero attached hydrogens (tertiary/aromatic N) is 4. The Labute approximate surface area is 153 Å². The quantitative estimate of drug-likeness (QED) is 0.655. The van der Waals surface area contributed by atoms with E-state index in [4.69, 9.17) is 8.94 Å². The zero-order valence-corrected chi connectivity index (χ0v) is 15.1. The Bertz CT molecular complexity index is 821. The summed E-state index contributed by atoms with van der Waals surface area (Å²) >= 11 is 0. The summed E-state index contributed by atoms with van der Waals surface area (Å²) in [5.41, 5.74) is 2.04. The fraction of sp³-hybridized carbons (Fsp3) is 0.450. The molecule has 0 aliphatic heterocycles. The van der Waals surface area contributed by atoms with E-state index in [1.165, 1.54) is 32.1 Å². The molecule has 1 aliphatic carbocycles. The van der Waals surface area contributed by atoms with E-state index < -0.39 is 0 Å². The predicted molar refractivity (Wildman–Crippen MR) is 97.2 cm³/mol. The topological polar surface area (TPSA) is 68.2 Å². The van der Waals surface area contributed by atoms with Crippen LogP contribution in [0.15, 0.2) is 45.3 Å². The monoisotopic (exact) mass is 352 g/mol. The van der Waals surface area contributed by atoms with Crippen molar-refractivity contribution in [3.8, 4) is 11.5 Å². The van der Waals surface area contributed by atoms with Crippen molar-refractivity contribution in [2.75, 3.05) is 7.05 Å². The van der Waals surface area contributed by atoms with Crippen LogP contribution in [0.4, 0.5) is 0 Å². The van der Waals surface area contributed by atoms with Crippen LogP contribution in [-0.2, 0) is 13.1 Å². The molecule has 0 spiro atoms. The van der Waals surface area contributed by atoms with Crippen molar-refractivity contribution in [2.45, 2.75) is 51.1 Å². The lowest BCUT2D eigenvalue weighted by Crippen LogP contribution is -2.17. The van der Waals surface area contributed by atoms with E-state index in [0.29, 0.717) is 30.8 Å². The lowest BCUT2D eigenvalue weighted by atomic mass is 9.87. The minimum absolute atomic E-state index is 0.549. The summed E-state index contributed by atoms with van der Waals surface area (Å²) in [6, 6.07) is 11.9. The van der Waals surface area contributed by atoms with Crippen LogP contribution < -0.4 is 0 Å². The van der Waals surface area contributed by atoms with E-state index in [1.807, 2.05) is 37.4 Å². The molecule has 0 atom stereocenters. The highest BCUT2D eigenvalue weighted by Gasteiger charge is 2.20. The predicted octanol–water partition coefficient (Wildman–Crippen LogP) is 4.40. The Morgan fingerprint density at radius 2 is 1.85 bits per heavy atom. The number of hydrogen-bond donors (Lipinski definition) is 0. The summed E-state index contributed by atoms with van der Waals surface area (Å²) in [7, 11) is 2.01. The highest BCUT2D eigenvalue weighted by atomic mass is 16.5. The number of benzene rings is 1. The van der Waals surface area contributed by atoms with Crippen LogP contribution >= 0.6 is 0 Å². The van der Waals surface area contributed by atoms with E-state index >= 15 is 0 Å². The Morgan fingerprint density at radius 1 is 1.04 bits per heavy atom. The molecule has 6 heteroatoms. The third-order valence-electron chi connectivity index (χ3n) is 4.92. The molecule has 2 heterocycles. The third-order valence-corrected chi connectivity index (χ3v) is 4.92. The van der Waals surface area contributed by atoms with Crippen molar-refractivity contribution in [3.63, 3.8) is 0 Å². The SMILES string of the molecule is CN(Cc1cc(C2CCCCC2)no1)Cc1nnc(-c2ccccc2)o1. The molecule has 3 aromatic rings. The largest absolute Gasteiger partial charge is 0.419 e. The maximum absolute atomic E-state index is 5.77. The lowest BCUT2D eigenvalue weighted by molar-refractivity contribution is 0.244. The molecule has 4 rings (SSSR count). The molecule has 0 unspecified atom stereocenters. The van der Waals surface area contributed by atoms with Gasteiger partial charge >= 0.3 is 0 Å². The number of aromatic nitrogens is 3. The minimum atomic E-state index is 0.549. The van der Waals surface area contributed by atoms with Crippen molar-refractivity contribution in [1.82, 2.24) is 20.3 Å². The van der Waals surface area contributed by atoms with Gasteiger partial charge < -0.3 is 8.94 Å². The van der Waals surface area contributed by atoms with Crippen LogP contribution in [0.1, 0.15) is 55.4 Å². The summed E-state index contributed by atoms with van der Waals surface area (Å²) in [6.07, 6.45) is 6.40. The first-order valence-corrected chi connectivity index (χ1v) is 9.30. The fourth-order valence-electron chi connectivity index (χ4n) is 3.56. The molecule has 136 valence electrons. The highest BCUT2D eigenvalue weighted by molar-refractivity contribution is 5.51. The van der Waals surface area contributed by atoms with E-state index in [0.717, 1.165) is 17.0 Å². The van der Waals surface area contributed by atoms with Crippen LogP contribution in [0.5, 0.6) is 0 Å². The summed E-state index contributed by atoms with van der Waals surface area (Å²) in [6.45, 7) is 1.24. The van der Waals surface area contributed by atoms with Crippen LogP contribution in [0.2, 0.25) is 0 Å². The van der Waals surface area contributed by atoms with E-state index in [-0.39, 0.29) is 0 Å². The fourth-order valence-corrected chi connectivity index (χ4v) is 3.56. The number of hydrogen-bond acceptors (Lipinski definition) is 6. The van der Waals surface area contributed by atoms with Gasteiger partial charge in [-0.15, -0.1) is 10.2 Å². The summed E-state index contributed by atoms with van der Waals surface area (Å²) < 4.78 is 11.3. The van der Waals surface area contributed by atoms with Gasteiger partial charge in [0, 0.05) is 17.5 Å². The zero-order chi connectivity index (χ0) is 17.8. The van der Waals surface area contributed by atoms with E-state index in [2.05, 4.69) is 26.3 Å². The average molecular weight is 352 g/mol. The molecule has 1 aliphatic rings. The van der Waals surface area contributed by atoms with Gasteiger partial charge in [0.25, 0.3) is 0 Å². The van der Waals surface area contributed by atoms with Gasteiger partial charge in [0.15, 0.2) is 5.76 Å². The standard InChI is InChI=1S/C20H24N4O2/c1-24(13-17-12-18(23-26-17)15-8-4-2-5-9-15)14-19-21-22-20(25-19)16-10-6-3-7-11-16/h3,6-7,10-12,15H,2,4-5,8-9,13-14H2,1H3. The Kier molecular flexibility index (Phi) is 5.11. The second-order valence-corrected chi connectivity index (χ2v) is 7.09. The summed E-state index contributed by atoms with van der Waals surface area (Å²) in [4.78, 5) is 2.09. The van der Waals surface area contributed by atoms with Crippen molar-refractivity contribution >= 4 is 0 Å². The van der Waals surface area contributed by atoms with E-state index in [1.54, 1.807) is 0 Å². The lowest BCUT2D eigenvalue weighted by Gasteiger charge is -2.18. The van der Waals surface area contributed by atoms with Crippen LogP contribution in [0.25, 0.3) is 11.5 Å². The zero-order valence-electron chi connectivity index (χ0n) is 15.1. The Morgan fingerprint density at radius 3 is 2.65 bits per heavy atom. The summed E-state index contributed by atoms with van der Waals surface area (Å²) in [5.74, 6) is 2.60. The van der Waals surface area contributed by atoms with Crippen molar-refractivity contribution in [3.05, 3.63) is 53.7 Å². The molecule has 2 aromatic heterocycles. The van der Waals surface area contributed by atoms with Crippen LogP contribution in [-0.4, -0.2) is 27.3 Å². The van der Waals surface area contributed by atoms with Gasteiger partial charge in [-0.3, -0.25) is 4.90 Å². The Balaban J connectivity index is 1.35. The molecule has 1 fully saturated rings. The first-order chi connectivity index (χ1) is 12.8. The van der Waals surface area contributed by atoms with Gasteiger partial charge in [-0.1, -0.05) is 42.6 Å². The molecule has 0 N–H and O–H groups in total. The van der Waals surface area contributed by atoms with Gasteiger partial charge in [-0.2, -0.15) is 0 Å². The number of rotatable bonds is 6. The maximum Gasteiger partial charge on any atom is 0.247 e. The molecule has 0 radical (unpaired) electrons.